The highest BCUT2D eigenvalue weighted by molar-refractivity contribution is 7.46. The SMILES string of the molecule is O=C(O)[C@@H]1O[C@@H](OP(=O)(O)O)[C@@H](O)[C@H](O)[C@H]1O. The molecule has 0 aromatic heterocycles. The monoisotopic (exact) mass is 274 g/mol. The zero-order valence-corrected chi connectivity index (χ0v) is 9.04. The first-order chi connectivity index (χ1) is 7.63. The number of aliphatic hydroxyl groups excluding tert-OH is 3. The Bertz CT molecular complexity index is 338. The molecule has 1 rings (SSSR count). The molecule has 6 N–H and O–H groups in total. The molecule has 17 heavy (non-hydrogen) atoms. The minimum absolute atomic E-state index is 1.68. The summed E-state index contributed by atoms with van der Waals surface area (Å²) in [6, 6.07) is 0. The molecule has 0 amide bonds. The summed E-state index contributed by atoms with van der Waals surface area (Å²) in [5.41, 5.74) is 0. The average molecular weight is 274 g/mol. The maximum absolute atomic E-state index is 10.6. The van der Waals surface area contributed by atoms with Crippen molar-refractivity contribution in [3.05, 3.63) is 0 Å². The number of aliphatic hydroxyl groups is 3. The van der Waals surface area contributed by atoms with E-state index in [0.29, 0.717) is 0 Å². The Kier molecular flexibility index (Phi) is 4.23. The van der Waals surface area contributed by atoms with E-state index in [-0.39, 0.29) is 0 Å². The van der Waals surface area contributed by atoms with Crippen molar-refractivity contribution in [3.8, 4) is 0 Å². The zero-order chi connectivity index (χ0) is 13.4. The van der Waals surface area contributed by atoms with Crippen LogP contribution in [0, 0.1) is 0 Å². The third-order valence-corrected chi connectivity index (χ3v) is 2.54. The van der Waals surface area contributed by atoms with Gasteiger partial charge in [-0.3, -0.25) is 4.52 Å². The lowest BCUT2D eigenvalue weighted by Crippen LogP contribution is -2.60. The Labute approximate surface area is 94.3 Å². The van der Waals surface area contributed by atoms with Gasteiger partial charge in [0.05, 0.1) is 0 Å². The molecule has 1 heterocycles. The number of carboxylic acids is 1. The van der Waals surface area contributed by atoms with Crippen LogP contribution >= 0.6 is 7.82 Å². The predicted molar refractivity (Wildman–Crippen MR) is 47.4 cm³/mol. The van der Waals surface area contributed by atoms with Crippen LogP contribution in [0.1, 0.15) is 0 Å². The van der Waals surface area contributed by atoms with Gasteiger partial charge in [0.15, 0.2) is 12.4 Å². The lowest BCUT2D eigenvalue weighted by molar-refractivity contribution is -0.274. The molecular formula is C6H11O10P. The van der Waals surface area contributed by atoms with Gasteiger partial charge in [-0.1, -0.05) is 0 Å². The third kappa shape index (κ3) is 3.44. The van der Waals surface area contributed by atoms with E-state index in [2.05, 4.69) is 9.26 Å². The number of hydrogen-bond acceptors (Lipinski definition) is 7. The summed E-state index contributed by atoms with van der Waals surface area (Å²) in [6.07, 6.45) is -9.94. The van der Waals surface area contributed by atoms with E-state index in [1.807, 2.05) is 0 Å². The maximum Gasteiger partial charge on any atom is 0.472 e. The second kappa shape index (κ2) is 4.96. The molecule has 1 fully saturated rings. The van der Waals surface area contributed by atoms with Gasteiger partial charge in [0.1, 0.15) is 18.3 Å². The van der Waals surface area contributed by atoms with E-state index >= 15 is 0 Å². The lowest BCUT2D eigenvalue weighted by Gasteiger charge is -2.38. The Balaban J connectivity index is 2.85. The minimum Gasteiger partial charge on any atom is -0.479 e. The molecule has 0 spiro atoms. The number of rotatable bonds is 3. The van der Waals surface area contributed by atoms with Gasteiger partial charge in [-0.15, -0.1) is 0 Å². The third-order valence-electron chi connectivity index (χ3n) is 2.05. The Morgan fingerprint density at radius 2 is 1.65 bits per heavy atom. The largest absolute Gasteiger partial charge is 0.479 e. The summed E-state index contributed by atoms with van der Waals surface area (Å²) in [5.74, 6) is -1.68. The molecule has 10 nitrogen and oxygen atoms in total. The number of carboxylic acid groups (broad SMARTS) is 1. The highest BCUT2D eigenvalue weighted by atomic mass is 31.2. The second-order valence-corrected chi connectivity index (χ2v) is 4.52. The van der Waals surface area contributed by atoms with Gasteiger partial charge in [0, 0.05) is 0 Å². The van der Waals surface area contributed by atoms with Crippen molar-refractivity contribution >= 4 is 13.8 Å². The van der Waals surface area contributed by atoms with Crippen molar-refractivity contribution in [2.45, 2.75) is 30.7 Å². The quantitative estimate of drug-likeness (QED) is 0.291. The molecule has 5 atom stereocenters. The molecule has 0 unspecified atom stereocenters. The van der Waals surface area contributed by atoms with Gasteiger partial charge in [0.25, 0.3) is 0 Å². The molecular weight excluding hydrogens is 263 g/mol. The van der Waals surface area contributed by atoms with Crippen LogP contribution in [-0.2, 0) is 18.6 Å². The van der Waals surface area contributed by atoms with E-state index in [0.717, 1.165) is 0 Å². The molecule has 1 saturated heterocycles. The Morgan fingerprint density at radius 3 is 2.06 bits per heavy atom. The van der Waals surface area contributed by atoms with E-state index in [1.165, 1.54) is 0 Å². The van der Waals surface area contributed by atoms with Crippen molar-refractivity contribution in [3.63, 3.8) is 0 Å². The molecule has 0 saturated carbocycles. The van der Waals surface area contributed by atoms with Crippen LogP contribution in [0.3, 0.4) is 0 Å². The summed E-state index contributed by atoms with van der Waals surface area (Å²) in [6.45, 7) is 0. The van der Waals surface area contributed by atoms with Gasteiger partial charge in [-0.05, 0) is 0 Å². The molecule has 0 bridgehead atoms. The predicted octanol–water partition coefficient (Wildman–Crippen LogP) is -3.01. The number of phosphoric ester groups is 1. The fourth-order valence-corrected chi connectivity index (χ4v) is 1.72. The normalized spacial score (nSPS) is 39.0. The van der Waals surface area contributed by atoms with E-state index in [9.17, 15) is 24.7 Å². The fourth-order valence-electron chi connectivity index (χ4n) is 1.27. The Morgan fingerprint density at radius 1 is 1.12 bits per heavy atom. The van der Waals surface area contributed by atoms with E-state index in [4.69, 9.17) is 14.9 Å². The minimum atomic E-state index is -5.05. The number of ether oxygens (including phenoxy) is 1. The van der Waals surface area contributed by atoms with Crippen molar-refractivity contribution in [1.82, 2.24) is 0 Å². The first-order valence-electron chi connectivity index (χ1n) is 4.30. The van der Waals surface area contributed by atoms with E-state index in [1.54, 1.807) is 0 Å². The highest BCUT2D eigenvalue weighted by Crippen LogP contribution is 2.40. The van der Waals surface area contributed by atoms with Gasteiger partial charge in [-0.25, -0.2) is 9.36 Å². The Hall–Kier alpha value is -0.580. The lowest BCUT2D eigenvalue weighted by atomic mass is 9.99. The first-order valence-corrected chi connectivity index (χ1v) is 5.83. The first kappa shape index (κ1) is 14.5. The number of hydrogen-bond donors (Lipinski definition) is 6. The zero-order valence-electron chi connectivity index (χ0n) is 8.15. The number of aliphatic carboxylic acids is 1. The van der Waals surface area contributed by atoms with Crippen LogP contribution in [0.15, 0.2) is 0 Å². The fraction of sp³-hybridized carbons (Fsp3) is 0.833. The molecule has 0 radical (unpaired) electrons. The van der Waals surface area contributed by atoms with Gasteiger partial charge in [0.2, 0.25) is 0 Å². The van der Waals surface area contributed by atoms with Crippen molar-refractivity contribution < 1.29 is 48.8 Å². The van der Waals surface area contributed by atoms with Crippen LogP contribution in [0.25, 0.3) is 0 Å². The van der Waals surface area contributed by atoms with Crippen LogP contribution in [0.4, 0.5) is 0 Å². The molecule has 100 valence electrons. The number of carbonyl (C=O) groups is 1. The van der Waals surface area contributed by atoms with Crippen LogP contribution in [0.5, 0.6) is 0 Å². The summed E-state index contributed by atoms with van der Waals surface area (Å²) >= 11 is 0. The van der Waals surface area contributed by atoms with Crippen molar-refractivity contribution in [2.24, 2.45) is 0 Å². The molecule has 1 aliphatic rings. The van der Waals surface area contributed by atoms with Crippen LogP contribution in [0.2, 0.25) is 0 Å². The van der Waals surface area contributed by atoms with E-state index < -0.39 is 44.5 Å². The second-order valence-electron chi connectivity index (χ2n) is 3.33. The van der Waals surface area contributed by atoms with Gasteiger partial charge < -0.3 is 34.9 Å². The van der Waals surface area contributed by atoms with Gasteiger partial charge >= 0.3 is 13.8 Å². The molecule has 0 aromatic carbocycles. The standard InChI is InChI=1S/C6H11O10P/c7-1-2(8)4(5(10)11)15-6(3(1)9)16-17(12,13)14/h1-4,6-9H,(H,10,11)(H2,12,13,14)/t1-,2-,3+,4-,6+/m1/s1. The summed E-state index contributed by atoms with van der Waals surface area (Å²) in [5, 5.41) is 36.4. The van der Waals surface area contributed by atoms with Crippen molar-refractivity contribution in [2.75, 3.05) is 0 Å². The number of phosphoric acid groups is 1. The van der Waals surface area contributed by atoms with Gasteiger partial charge in [-0.2, -0.15) is 0 Å². The average Bonchev–Trinajstić information content (AvgIpc) is 2.16. The van der Waals surface area contributed by atoms with Crippen LogP contribution < -0.4 is 0 Å². The summed E-state index contributed by atoms with van der Waals surface area (Å²) in [7, 11) is -5.05. The van der Waals surface area contributed by atoms with Crippen molar-refractivity contribution in [1.29, 1.82) is 0 Å². The molecule has 11 heteroatoms. The molecule has 0 aliphatic carbocycles. The highest BCUT2D eigenvalue weighted by Gasteiger charge is 2.49. The maximum atomic E-state index is 10.6. The summed E-state index contributed by atoms with van der Waals surface area (Å²) in [4.78, 5) is 27.5. The molecule has 0 aromatic rings. The summed E-state index contributed by atoms with van der Waals surface area (Å²) < 4.78 is 18.9. The topological polar surface area (TPSA) is 174 Å². The smallest absolute Gasteiger partial charge is 0.472 e. The molecule has 1 aliphatic heterocycles. The van der Waals surface area contributed by atoms with Crippen LogP contribution in [-0.4, -0.2) is 66.9 Å².